The minimum absolute atomic E-state index is 0. The number of imide groups is 1. The number of para-hydroxylation sites is 2. The highest BCUT2D eigenvalue weighted by atomic mass is 35.5. The van der Waals surface area contributed by atoms with Crippen LogP contribution < -0.4 is 9.64 Å². The summed E-state index contributed by atoms with van der Waals surface area (Å²) in [6.45, 7) is 5.35. The van der Waals surface area contributed by atoms with E-state index in [-0.39, 0.29) is 36.1 Å². The molecule has 0 saturated carbocycles. The number of halogens is 1. The third-order valence-electron chi connectivity index (χ3n) is 6.25. The number of amides is 2. The minimum Gasteiger partial charge on any atom is -0.495 e. The van der Waals surface area contributed by atoms with Crippen molar-refractivity contribution in [2.24, 2.45) is 11.8 Å². The summed E-state index contributed by atoms with van der Waals surface area (Å²) in [5, 5.41) is 0. The van der Waals surface area contributed by atoms with Crippen LogP contribution in [0.2, 0.25) is 0 Å². The second kappa shape index (κ2) is 9.63. The first-order chi connectivity index (χ1) is 13.7. The maximum atomic E-state index is 12.5. The Morgan fingerprint density at radius 1 is 0.931 bits per heavy atom. The number of hydrogen-bond donors (Lipinski definition) is 0. The van der Waals surface area contributed by atoms with Crippen molar-refractivity contribution in [1.29, 1.82) is 0 Å². The smallest absolute Gasteiger partial charge is 0.233 e. The molecule has 4 rings (SSSR count). The minimum atomic E-state index is -0.109. The monoisotopic (exact) mass is 419 g/mol. The van der Waals surface area contributed by atoms with Gasteiger partial charge < -0.3 is 9.64 Å². The van der Waals surface area contributed by atoms with Crippen LogP contribution in [0.15, 0.2) is 36.4 Å². The quantitative estimate of drug-likeness (QED) is 0.524. The molecule has 1 aromatic carbocycles. The third-order valence-corrected chi connectivity index (χ3v) is 6.25. The van der Waals surface area contributed by atoms with E-state index in [9.17, 15) is 9.59 Å². The Balaban J connectivity index is 0.00000240. The van der Waals surface area contributed by atoms with Crippen LogP contribution in [0.3, 0.4) is 0 Å². The van der Waals surface area contributed by atoms with Gasteiger partial charge in [0.15, 0.2) is 0 Å². The van der Waals surface area contributed by atoms with Crippen LogP contribution in [0, 0.1) is 11.8 Å². The summed E-state index contributed by atoms with van der Waals surface area (Å²) in [5.74, 6) is 0.780. The largest absolute Gasteiger partial charge is 0.495 e. The molecule has 3 aliphatic rings. The molecule has 29 heavy (non-hydrogen) atoms. The van der Waals surface area contributed by atoms with Crippen LogP contribution in [0.25, 0.3) is 0 Å². The second-order valence-electron chi connectivity index (χ2n) is 7.84. The number of fused-ring (bicyclic) bond motifs is 1. The van der Waals surface area contributed by atoms with Gasteiger partial charge in [-0.3, -0.25) is 19.4 Å². The molecule has 2 unspecified atom stereocenters. The van der Waals surface area contributed by atoms with E-state index in [1.54, 1.807) is 7.11 Å². The number of piperazine rings is 1. The third kappa shape index (κ3) is 4.43. The Morgan fingerprint density at radius 2 is 1.55 bits per heavy atom. The van der Waals surface area contributed by atoms with Crippen molar-refractivity contribution < 1.29 is 14.3 Å². The van der Waals surface area contributed by atoms with Crippen molar-refractivity contribution in [1.82, 2.24) is 9.80 Å². The number of rotatable bonds is 6. The lowest BCUT2D eigenvalue weighted by molar-refractivity contribution is -0.140. The molecule has 2 aliphatic heterocycles. The van der Waals surface area contributed by atoms with E-state index in [1.165, 1.54) is 4.90 Å². The predicted octanol–water partition coefficient (Wildman–Crippen LogP) is 2.58. The number of allylic oxidation sites excluding steroid dienone is 2. The molecular formula is C22H30ClN3O3. The van der Waals surface area contributed by atoms with E-state index >= 15 is 0 Å². The number of carbonyl (C=O) groups is 2. The molecule has 2 heterocycles. The summed E-state index contributed by atoms with van der Waals surface area (Å²) >= 11 is 0. The first-order valence-electron chi connectivity index (χ1n) is 10.3. The molecule has 0 spiro atoms. The van der Waals surface area contributed by atoms with Crippen LogP contribution >= 0.6 is 12.4 Å². The average Bonchev–Trinajstić information content (AvgIpc) is 2.99. The molecule has 0 aromatic heterocycles. The van der Waals surface area contributed by atoms with Gasteiger partial charge in [-0.15, -0.1) is 12.4 Å². The Bertz CT molecular complexity index is 735. The van der Waals surface area contributed by atoms with Crippen molar-refractivity contribution in [2.75, 3.05) is 51.3 Å². The van der Waals surface area contributed by atoms with Crippen LogP contribution in [-0.4, -0.2) is 68.0 Å². The maximum absolute atomic E-state index is 12.5. The van der Waals surface area contributed by atoms with Gasteiger partial charge in [-0.05, 0) is 37.9 Å². The summed E-state index contributed by atoms with van der Waals surface area (Å²) in [6.07, 6.45) is 6.36. The number of hydrogen-bond acceptors (Lipinski definition) is 5. The van der Waals surface area contributed by atoms with Crippen molar-refractivity contribution in [2.45, 2.75) is 19.3 Å². The standard InChI is InChI=1S/C22H29N3O3.ClH/c1-28-20-10-5-4-9-19(20)24-15-13-23(14-16-24)11-6-12-25-21(26)17-7-2-3-8-18(17)22(25)27;/h2-5,9-10,17-18H,6-8,11-16H2,1H3;1H. The summed E-state index contributed by atoms with van der Waals surface area (Å²) in [6, 6.07) is 8.14. The average molecular weight is 420 g/mol. The summed E-state index contributed by atoms with van der Waals surface area (Å²) < 4.78 is 5.48. The van der Waals surface area contributed by atoms with Crippen LogP contribution in [-0.2, 0) is 9.59 Å². The van der Waals surface area contributed by atoms with E-state index in [1.807, 2.05) is 30.4 Å². The molecule has 2 saturated heterocycles. The van der Waals surface area contributed by atoms with Crippen LogP contribution in [0.1, 0.15) is 19.3 Å². The molecular weight excluding hydrogens is 390 g/mol. The Morgan fingerprint density at radius 3 is 2.17 bits per heavy atom. The molecule has 2 amide bonds. The lowest BCUT2D eigenvalue weighted by Crippen LogP contribution is -2.47. The van der Waals surface area contributed by atoms with E-state index in [0.717, 1.165) is 63.4 Å². The zero-order chi connectivity index (χ0) is 19.5. The molecule has 6 nitrogen and oxygen atoms in total. The van der Waals surface area contributed by atoms with Gasteiger partial charge in [0.25, 0.3) is 0 Å². The highest BCUT2D eigenvalue weighted by molar-refractivity contribution is 6.05. The topological polar surface area (TPSA) is 53.1 Å². The first kappa shape index (κ1) is 21.7. The van der Waals surface area contributed by atoms with Crippen molar-refractivity contribution in [3.8, 4) is 5.75 Å². The van der Waals surface area contributed by atoms with Gasteiger partial charge in [0.1, 0.15) is 5.75 Å². The van der Waals surface area contributed by atoms with Gasteiger partial charge in [-0.2, -0.15) is 0 Å². The van der Waals surface area contributed by atoms with E-state index in [4.69, 9.17) is 4.74 Å². The van der Waals surface area contributed by atoms with E-state index in [2.05, 4.69) is 15.9 Å². The molecule has 0 N–H and O–H groups in total. The lowest BCUT2D eigenvalue weighted by Gasteiger charge is -2.36. The first-order valence-corrected chi connectivity index (χ1v) is 10.3. The van der Waals surface area contributed by atoms with Gasteiger partial charge in [0, 0.05) is 32.7 Å². The Kier molecular flexibility index (Phi) is 7.19. The fraction of sp³-hybridized carbons (Fsp3) is 0.545. The fourth-order valence-corrected chi connectivity index (χ4v) is 4.65. The van der Waals surface area contributed by atoms with Crippen molar-refractivity contribution >= 4 is 29.9 Å². The number of methoxy groups -OCH3 is 1. The lowest BCUT2D eigenvalue weighted by atomic mass is 9.85. The molecule has 2 fully saturated rings. The van der Waals surface area contributed by atoms with Crippen LogP contribution in [0.5, 0.6) is 5.75 Å². The number of likely N-dealkylation sites (tertiary alicyclic amines) is 1. The number of anilines is 1. The predicted molar refractivity (Wildman–Crippen MR) is 116 cm³/mol. The number of nitrogens with zero attached hydrogens (tertiary/aromatic N) is 3. The number of benzene rings is 1. The van der Waals surface area contributed by atoms with Gasteiger partial charge in [0.2, 0.25) is 11.8 Å². The normalized spacial score (nSPS) is 24.4. The van der Waals surface area contributed by atoms with Gasteiger partial charge in [0.05, 0.1) is 24.6 Å². The van der Waals surface area contributed by atoms with Crippen molar-refractivity contribution in [3.63, 3.8) is 0 Å². The maximum Gasteiger partial charge on any atom is 0.233 e. The Labute approximate surface area is 178 Å². The molecule has 0 radical (unpaired) electrons. The molecule has 2 atom stereocenters. The van der Waals surface area contributed by atoms with Gasteiger partial charge >= 0.3 is 0 Å². The summed E-state index contributed by atoms with van der Waals surface area (Å²) in [7, 11) is 1.71. The molecule has 0 bridgehead atoms. The highest BCUT2D eigenvalue weighted by Crippen LogP contribution is 2.35. The molecule has 158 valence electrons. The number of carbonyl (C=O) groups excluding carboxylic acids is 2. The molecule has 1 aliphatic carbocycles. The summed E-state index contributed by atoms with van der Waals surface area (Å²) in [5.41, 5.74) is 1.15. The van der Waals surface area contributed by atoms with E-state index < -0.39 is 0 Å². The van der Waals surface area contributed by atoms with E-state index in [0.29, 0.717) is 6.54 Å². The number of ether oxygens (including phenoxy) is 1. The fourth-order valence-electron chi connectivity index (χ4n) is 4.65. The molecule has 7 heteroatoms. The zero-order valence-corrected chi connectivity index (χ0v) is 17.8. The van der Waals surface area contributed by atoms with Crippen LogP contribution in [0.4, 0.5) is 5.69 Å². The van der Waals surface area contributed by atoms with Gasteiger partial charge in [-0.1, -0.05) is 24.3 Å². The molecule has 1 aromatic rings. The Hall–Kier alpha value is -2.05. The highest BCUT2D eigenvalue weighted by Gasteiger charge is 2.46. The van der Waals surface area contributed by atoms with Crippen molar-refractivity contribution in [3.05, 3.63) is 36.4 Å². The summed E-state index contributed by atoms with van der Waals surface area (Å²) in [4.78, 5) is 31.4. The second-order valence-corrected chi connectivity index (χ2v) is 7.84. The van der Waals surface area contributed by atoms with Gasteiger partial charge in [-0.25, -0.2) is 0 Å². The zero-order valence-electron chi connectivity index (χ0n) is 17.0. The SMILES string of the molecule is COc1ccccc1N1CCN(CCCN2C(=O)C3CC=CCC3C2=O)CC1.Cl.